The van der Waals surface area contributed by atoms with E-state index in [0.717, 1.165) is 16.4 Å². The van der Waals surface area contributed by atoms with Crippen molar-refractivity contribution < 1.29 is 9.21 Å². The lowest BCUT2D eigenvalue weighted by atomic mass is 10.1. The summed E-state index contributed by atoms with van der Waals surface area (Å²) in [6.07, 6.45) is 4.64. The predicted octanol–water partition coefficient (Wildman–Crippen LogP) is 4.20. The van der Waals surface area contributed by atoms with E-state index in [1.807, 2.05) is 48.5 Å². The maximum absolute atomic E-state index is 12.9. The average molecular weight is 393 g/mol. The molecule has 0 saturated carbocycles. The lowest BCUT2D eigenvalue weighted by Crippen LogP contribution is -2.18. The highest BCUT2D eigenvalue weighted by Crippen LogP contribution is 2.25. The van der Waals surface area contributed by atoms with Crippen molar-refractivity contribution in [2.75, 3.05) is 0 Å². The SMILES string of the molecule is O=C(N/N=C\c1cnc2ccccc2n1)c1cc(-c2ccco2)nc2ccccc12. The highest BCUT2D eigenvalue weighted by Gasteiger charge is 2.14. The summed E-state index contributed by atoms with van der Waals surface area (Å²) >= 11 is 0. The molecule has 0 bridgehead atoms. The zero-order valence-corrected chi connectivity index (χ0v) is 15.7. The smallest absolute Gasteiger partial charge is 0.272 e. The maximum Gasteiger partial charge on any atom is 0.272 e. The number of benzene rings is 2. The zero-order chi connectivity index (χ0) is 20.3. The van der Waals surface area contributed by atoms with E-state index in [1.54, 1.807) is 30.7 Å². The topological polar surface area (TPSA) is 93.3 Å². The van der Waals surface area contributed by atoms with Crippen LogP contribution in [-0.4, -0.2) is 27.1 Å². The predicted molar refractivity (Wildman–Crippen MR) is 114 cm³/mol. The molecule has 0 fully saturated rings. The molecule has 0 saturated heterocycles. The second-order valence-corrected chi connectivity index (χ2v) is 6.53. The minimum absolute atomic E-state index is 0.355. The third kappa shape index (κ3) is 3.40. The molecule has 3 aromatic heterocycles. The van der Waals surface area contributed by atoms with Gasteiger partial charge in [0.15, 0.2) is 5.76 Å². The van der Waals surface area contributed by atoms with Gasteiger partial charge in [0.1, 0.15) is 11.4 Å². The third-order valence-corrected chi connectivity index (χ3v) is 4.56. The number of carbonyl (C=O) groups is 1. The van der Waals surface area contributed by atoms with E-state index in [2.05, 4.69) is 25.5 Å². The average Bonchev–Trinajstić information content (AvgIpc) is 3.33. The molecular weight excluding hydrogens is 378 g/mol. The van der Waals surface area contributed by atoms with Crippen molar-refractivity contribution >= 4 is 34.1 Å². The molecule has 1 N–H and O–H groups in total. The van der Waals surface area contributed by atoms with Gasteiger partial charge in [0.05, 0.1) is 40.8 Å². The summed E-state index contributed by atoms with van der Waals surface area (Å²) in [6.45, 7) is 0. The quantitative estimate of drug-likeness (QED) is 0.365. The Balaban J connectivity index is 1.44. The van der Waals surface area contributed by atoms with Crippen molar-refractivity contribution in [1.82, 2.24) is 20.4 Å². The van der Waals surface area contributed by atoms with Crippen LogP contribution in [0.3, 0.4) is 0 Å². The van der Waals surface area contributed by atoms with Crippen molar-refractivity contribution in [3.8, 4) is 11.5 Å². The van der Waals surface area contributed by atoms with Gasteiger partial charge in [-0.2, -0.15) is 5.10 Å². The number of aromatic nitrogens is 3. The minimum Gasteiger partial charge on any atom is -0.463 e. The van der Waals surface area contributed by atoms with Crippen molar-refractivity contribution in [2.45, 2.75) is 0 Å². The number of nitrogens with zero attached hydrogens (tertiary/aromatic N) is 4. The van der Waals surface area contributed by atoms with Crippen LogP contribution in [0.25, 0.3) is 33.4 Å². The number of pyridine rings is 1. The van der Waals surface area contributed by atoms with E-state index < -0.39 is 0 Å². The fraction of sp³-hybridized carbons (Fsp3) is 0. The normalized spacial score (nSPS) is 11.3. The minimum atomic E-state index is -0.355. The molecule has 0 aliphatic heterocycles. The Bertz CT molecular complexity index is 1390. The van der Waals surface area contributed by atoms with Gasteiger partial charge in [-0.05, 0) is 36.4 Å². The van der Waals surface area contributed by atoms with Crippen LogP contribution in [0.15, 0.2) is 88.7 Å². The molecule has 0 aliphatic carbocycles. The number of fused-ring (bicyclic) bond motifs is 2. The van der Waals surface area contributed by atoms with Crippen LogP contribution in [0.5, 0.6) is 0 Å². The van der Waals surface area contributed by atoms with Crippen LogP contribution in [0.2, 0.25) is 0 Å². The van der Waals surface area contributed by atoms with Gasteiger partial charge in [-0.3, -0.25) is 9.78 Å². The Kier molecular flexibility index (Phi) is 4.46. The van der Waals surface area contributed by atoms with E-state index >= 15 is 0 Å². The van der Waals surface area contributed by atoms with Gasteiger partial charge < -0.3 is 4.42 Å². The molecule has 3 heterocycles. The van der Waals surface area contributed by atoms with Crippen LogP contribution in [-0.2, 0) is 0 Å². The molecule has 5 aromatic rings. The molecule has 1 amide bonds. The van der Waals surface area contributed by atoms with Gasteiger partial charge in [-0.1, -0.05) is 30.3 Å². The van der Waals surface area contributed by atoms with Crippen molar-refractivity contribution in [3.63, 3.8) is 0 Å². The highest BCUT2D eigenvalue weighted by atomic mass is 16.3. The fourth-order valence-electron chi connectivity index (χ4n) is 3.16. The molecule has 5 rings (SSSR count). The van der Waals surface area contributed by atoms with Gasteiger partial charge >= 0.3 is 0 Å². The van der Waals surface area contributed by atoms with Crippen LogP contribution >= 0.6 is 0 Å². The Hall–Kier alpha value is -4.39. The molecule has 30 heavy (non-hydrogen) atoms. The summed E-state index contributed by atoms with van der Waals surface area (Å²) in [4.78, 5) is 26.2. The van der Waals surface area contributed by atoms with Crippen molar-refractivity contribution in [2.24, 2.45) is 5.10 Å². The van der Waals surface area contributed by atoms with Crippen LogP contribution in [0.4, 0.5) is 0 Å². The summed E-state index contributed by atoms with van der Waals surface area (Å²) < 4.78 is 5.44. The molecule has 7 nitrogen and oxygen atoms in total. The molecule has 2 aromatic carbocycles. The first-order chi connectivity index (χ1) is 14.8. The number of hydrazone groups is 1. The standard InChI is InChI=1S/C23H15N5O2/c29-23(28-25-14-15-13-24-19-8-3-4-9-20(19)26-15)17-12-21(22-10-5-11-30-22)27-18-7-2-1-6-16(17)18/h1-14H,(H,28,29)/b25-14-. The molecule has 144 valence electrons. The number of hydrogen-bond acceptors (Lipinski definition) is 6. The molecule has 0 unspecified atom stereocenters. The fourth-order valence-corrected chi connectivity index (χ4v) is 3.16. The first kappa shape index (κ1) is 17.7. The Labute approximate surface area is 171 Å². The number of nitrogens with one attached hydrogen (secondary N) is 1. The number of para-hydroxylation sites is 3. The maximum atomic E-state index is 12.9. The first-order valence-electron chi connectivity index (χ1n) is 9.27. The monoisotopic (exact) mass is 393 g/mol. The number of hydrogen-bond donors (Lipinski definition) is 1. The summed E-state index contributed by atoms with van der Waals surface area (Å²) in [5.41, 5.74) is 6.39. The van der Waals surface area contributed by atoms with Crippen LogP contribution in [0.1, 0.15) is 16.1 Å². The Morgan fingerprint density at radius 2 is 1.73 bits per heavy atom. The first-order valence-corrected chi connectivity index (χ1v) is 9.27. The van der Waals surface area contributed by atoms with E-state index in [9.17, 15) is 4.79 Å². The van der Waals surface area contributed by atoms with E-state index in [-0.39, 0.29) is 5.91 Å². The molecule has 7 heteroatoms. The summed E-state index contributed by atoms with van der Waals surface area (Å²) in [6, 6.07) is 20.3. The zero-order valence-electron chi connectivity index (χ0n) is 15.7. The Morgan fingerprint density at radius 1 is 0.933 bits per heavy atom. The van der Waals surface area contributed by atoms with Crippen LogP contribution in [0, 0.1) is 0 Å². The highest BCUT2D eigenvalue weighted by molar-refractivity contribution is 6.07. The second-order valence-electron chi connectivity index (χ2n) is 6.53. The Morgan fingerprint density at radius 3 is 2.57 bits per heavy atom. The number of carbonyl (C=O) groups excluding carboxylic acids is 1. The lowest BCUT2D eigenvalue weighted by Gasteiger charge is -2.07. The third-order valence-electron chi connectivity index (χ3n) is 4.56. The van der Waals surface area contributed by atoms with Crippen LogP contribution < -0.4 is 5.43 Å². The molecule has 0 aliphatic rings. The van der Waals surface area contributed by atoms with Gasteiger partial charge in [0.2, 0.25) is 0 Å². The van der Waals surface area contributed by atoms with Gasteiger partial charge in [-0.25, -0.2) is 15.4 Å². The largest absolute Gasteiger partial charge is 0.463 e. The number of amides is 1. The molecule has 0 spiro atoms. The summed E-state index contributed by atoms with van der Waals surface area (Å²) in [7, 11) is 0. The molecular formula is C23H15N5O2. The van der Waals surface area contributed by atoms with E-state index in [1.165, 1.54) is 6.21 Å². The van der Waals surface area contributed by atoms with Crippen molar-refractivity contribution in [1.29, 1.82) is 0 Å². The summed E-state index contributed by atoms with van der Waals surface area (Å²) in [5, 5.41) is 4.78. The molecule has 0 radical (unpaired) electrons. The number of rotatable bonds is 4. The lowest BCUT2D eigenvalue weighted by molar-refractivity contribution is 0.0956. The second kappa shape index (κ2) is 7.56. The van der Waals surface area contributed by atoms with E-state index in [0.29, 0.717) is 28.2 Å². The number of furan rings is 1. The molecule has 0 atom stereocenters. The van der Waals surface area contributed by atoms with Crippen molar-refractivity contribution in [3.05, 3.63) is 90.4 Å². The summed E-state index contributed by atoms with van der Waals surface area (Å²) in [5.74, 6) is 0.233. The van der Waals surface area contributed by atoms with Gasteiger partial charge in [-0.15, -0.1) is 0 Å². The van der Waals surface area contributed by atoms with Gasteiger partial charge in [0.25, 0.3) is 5.91 Å². The van der Waals surface area contributed by atoms with E-state index in [4.69, 9.17) is 4.42 Å². The van der Waals surface area contributed by atoms with Gasteiger partial charge in [0, 0.05) is 5.39 Å².